The fourth-order valence-electron chi connectivity index (χ4n) is 1.23. The Labute approximate surface area is 97.9 Å². The van der Waals surface area contributed by atoms with Gasteiger partial charge in [0, 0.05) is 12.0 Å². The third-order valence-electron chi connectivity index (χ3n) is 2.19. The van der Waals surface area contributed by atoms with Gasteiger partial charge in [0.1, 0.15) is 6.54 Å². The third-order valence-corrected chi connectivity index (χ3v) is 2.19. The predicted octanol–water partition coefficient (Wildman–Crippen LogP) is 1.75. The summed E-state index contributed by atoms with van der Waals surface area (Å²) in [7, 11) is 0. The van der Waals surface area contributed by atoms with Gasteiger partial charge in [0.05, 0.1) is 11.4 Å². The Hall–Kier alpha value is -1.24. The van der Waals surface area contributed by atoms with Gasteiger partial charge < -0.3 is 11.2 Å². The summed E-state index contributed by atoms with van der Waals surface area (Å²) >= 11 is 0. The van der Waals surface area contributed by atoms with Crippen LogP contribution in [0.1, 0.15) is 32.2 Å². The lowest BCUT2D eigenvalue weighted by Crippen LogP contribution is -2.30. The van der Waals surface area contributed by atoms with Gasteiger partial charge in [-0.05, 0) is 6.07 Å². The molecule has 0 aliphatic heterocycles. The number of nitrogens with two attached hydrogens (primary N) is 1. The first-order valence-electron chi connectivity index (χ1n) is 5.23. The highest BCUT2D eigenvalue weighted by Gasteiger charge is 2.28. The summed E-state index contributed by atoms with van der Waals surface area (Å²) in [6.45, 7) is 4.80. The fraction of sp³-hybridized carbons (Fsp3) is 0.700. The Balaban J connectivity index is 2.88. The Morgan fingerprint density at radius 2 is 1.94 bits per heavy atom. The number of nitrogens with zero attached hydrogens (tertiary/aromatic N) is 2. The van der Waals surface area contributed by atoms with Gasteiger partial charge in [0.2, 0.25) is 0 Å². The molecule has 98 valence electrons. The van der Waals surface area contributed by atoms with E-state index in [9.17, 15) is 13.2 Å². The number of halogens is 3. The molecule has 0 radical (unpaired) electrons. The molecule has 0 bridgehead atoms. The van der Waals surface area contributed by atoms with Gasteiger partial charge >= 0.3 is 6.18 Å². The van der Waals surface area contributed by atoms with Crippen molar-refractivity contribution < 1.29 is 13.2 Å². The highest BCUT2D eigenvalue weighted by atomic mass is 19.4. The number of aromatic nitrogens is 2. The van der Waals surface area contributed by atoms with Crippen LogP contribution in [0.2, 0.25) is 0 Å². The molecular formula is C10H17F3N4. The summed E-state index contributed by atoms with van der Waals surface area (Å²) in [5.41, 5.74) is 8.66. The van der Waals surface area contributed by atoms with E-state index in [0.717, 1.165) is 4.79 Å². The van der Waals surface area contributed by atoms with E-state index in [0.29, 0.717) is 11.4 Å². The molecule has 0 fully saturated rings. The summed E-state index contributed by atoms with van der Waals surface area (Å²) in [6, 6.07) is 1.71. The van der Waals surface area contributed by atoms with E-state index < -0.39 is 12.7 Å². The molecule has 0 atom stereocenters. The van der Waals surface area contributed by atoms with Gasteiger partial charge in [0.25, 0.3) is 0 Å². The SMILES string of the molecule is CC(C)(C)c1cc(CN)n(NCC(F)(F)F)n1. The van der Waals surface area contributed by atoms with Crippen LogP contribution in [0.15, 0.2) is 6.07 Å². The quantitative estimate of drug-likeness (QED) is 0.859. The van der Waals surface area contributed by atoms with Crippen LogP contribution < -0.4 is 11.2 Å². The Morgan fingerprint density at radius 1 is 1.35 bits per heavy atom. The zero-order valence-electron chi connectivity index (χ0n) is 10.1. The smallest absolute Gasteiger partial charge is 0.325 e. The van der Waals surface area contributed by atoms with Crippen LogP contribution in [0.5, 0.6) is 0 Å². The van der Waals surface area contributed by atoms with Crippen molar-refractivity contribution in [3.63, 3.8) is 0 Å². The predicted molar refractivity (Wildman–Crippen MR) is 59.1 cm³/mol. The number of rotatable bonds is 3. The molecule has 1 aromatic rings. The van der Waals surface area contributed by atoms with Crippen LogP contribution in [0, 0.1) is 0 Å². The molecule has 0 amide bonds. The van der Waals surface area contributed by atoms with E-state index >= 15 is 0 Å². The first kappa shape index (κ1) is 13.8. The van der Waals surface area contributed by atoms with Crippen molar-refractivity contribution in [3.05, 3.63) is 17.5 Å². The van der Waals surface area contributed by atoms with Crippen molar-refractivity contribution in [1.29, 1.82) is 0 Å². The van der Waals surface area contributed by atoms with E-state index in [4.69, 9.17) is 5.73 Å². The van der Waals surface area contributed by atoms with Crippen LogP contribution >= 0.6 is 0 Å². The zero-order chi connectivity index (χ0) is 13.3. The normalized spacial score (nSPS) is 12.9. The van der Waals surface area contributed by atoms with Gasteiger partial charge in [-0.2, -0.15) is 23.1 Å². The van der Waals surface area contributed by atoms with Gasteiger partial charge in [-0.1, -0.05) is 20.8 Å². The third kappa shape index (κ3) is 3.92. The maximum atomic E-state index is 12.1. The molecule has 0 aliphatic carbocycles. The van der Waals surface area contributed by atoms with Gasteiger partial charge in [-0.3, -0.25) is 0 Å². The average molecular weight is 250 g/mol. The van der Waals surface area contributed by atoms with Crippen molar-refractivity contribution in [2.45, 2.75) is 38.9 Å². The molecule has 0 saturated carbocycles. The van der Waals surface area contributed by atoms with Crippen LogP contribution in [0.3, 0.4) is 0 Å². The summed E-state index contributed by atoms with van der Waals surface area (Å²) in [5, 5.41) is 4.08. The molecule has 3 N–H and O–H groups in total. The number of alkyl halides is 3. The van der Waals surface area contributed by atoms with Crippen molar-refractivity contribution in [2.24, 2.45) is 5.73 Å². The molecule has 1 heterocycles. The van der Waals surface area contributed by atoms with Crippen LogP contribution in [-0.2, 0) is 12.0 Å². The van der Waals surface area contributed by atoms with Crippen LogP contribution in [0.4, 0.5) is 13.2 Å². The highest BCUT2D eigenvalue weighted by molar-refractivity contribution is 5.18. The van der Waals surface area contributed by atoms with Crippen molar-refractivity contribution in [2.75, 3.05) is 12.0 Å². The van der Waals surface area contributed by atoms with E-state index in [1.165, 1.54) is 0 Å². The van der Waals surface area contributed by atoms with Gasteiger partial charge in [-0.25, -0.2) is 0 Å². The minimum atomic E-state index is -4.28. The minimum Gasteiger partial charge on any atom is -0.325 e. The van der Waals surface area contributed by atoms with Gasteiger partial charge in [-0.15, -0.1) is 0 Å². The first-order chi connectivity index (χ1) is 7.63. The van der Waals surface area contributed by atoms with Crippen LogP contribution in [0.25, 0.3) is 0 Å². The monoisotopic (exact) mass is 250 g/mol. The molecule has 0 aliphatic rings. The van der Waals surface area contributed by atoms with Gasteiger partial charge in [0.15, 0.2) is 0 Å². The summed E-state index contributed by atoms with van der Waals surface area (Å²) < 4.78 is 36.2. The minimum absolute atomic E-state index is 0.133. The second-order valence-electron chi connectivity index (χ2n) is 4.84. The molecular weight excluding hydrogens is 233 g/mol. The number of hydrogen-bond acceptors (Lipinski definition) is 3. The summed E-state index contributed by atoms with van der Waals surface area (Å²) in [5.74, 6) is 0. The maximum Gasteiger partial charge on any atom is 0.407 e. The molecule has 17 heavy (non-hydrogen) atoms. The topological polar surface area (TPSA) is 55.9 Å². The molecule has 0 unspecified atom stereocenters. The lowest BCUT2D eigenvalue weighted by atomic mass is 9.92. The Kier molecular flexibility index (Phi) is 3.71. The molecule has 7 heteroatoms. The molecule has 0 saturated heterocycles. The lowest BCUT2D eigenvalue weighted by molar-refractivity contribution is -0.117. The molecule has 1 rings (SSSR count). The van der Waals surface area contributed by atoms with Crippen molar-refractivity contribution in [1.82, 2.24) is 9.89 Å². The number of nitrogens with one attached hydrogen (secondary N) is 1. The summed E-state index contributed by atoms with van der Waals surface area (Å²) in [6.07, 6.45) is -4.28. The van der Waals surface area contributed by atoms with E-state index in [1.54, 1.807) is 6.07 Å². The van der Waals surface area contributed by atoms with Crippen LogP contribution in [-0.4, -0.2) is 22.6 Å². The second-order valence-corrected chi connectivity index (χ2v) is 4.84. The van der Waals surface area contributed by atoms with E-state index in [-0.39, 0.29) is 12.0 Å². The molecule has 0 aromatic carbocycles. The Bertz CT molecular complexity index is 376. The lowest BCUT2D eigenvalue weighted by Gasteiger charge is -2.14. The summed E-state index contributed by atoms with van der Waals surface area (Å²) in [4.78, 5) is 1.11. The zero-order valence-corrected chi connectivity index (χ0v) is 10.1. The number of hydrogen-bond donors (Lipinski definition) is 2. The van der Waals surface area contributed by atoms with Crippen molar-refractivity contribution >= 4 is 0 Å². The largest absolute Gasteiger partial charge is 0.407 e. The maximum absolute atomic E-state index is 12.1. The molecule has 0 spiro atoms. The molecule has 1 aromatic heterocycles. The fourth-order valence-corrected chi connectivity index (χ4v) is 1.23. The molecule has 4 nitrogen and oxygen atoms in total. The Morgan fingerprint density at radius 3 is 2.35 bits per heavy atom. The van der Waals surface area contributed by atoms with E-state index in [1.807, 2.05) is 20.8 Å². The highest BCUT2D eigenvalue weighted by Crippen LogP contribution is 2.21. The average Bonchev–Trinajstić information content (AvgIpc) is 2.55. The van der Waals surface area contributed by atoms with E-state index in [2.05, 4.69) is 10.5 Å². The second kappa shape index (κ2) is 4.56. The first-order valence-corrected chi connectivity index (χ1v) is 5.23. The standard InChI is InChI=1S/C10H17F3N4/c1-9(2,3)8-4-7(5-14)17(16-8)15-6-10(11,12)13/h4,15H,5-6,14H2,1-3H3. The van der Waals surface area contributed by atoms with Crippen molar-refractivity contribution in [3.8, 4) is 0 Å².